The molecular weight excluding hydrogens is 636 g/mol. The van der Waals surface area contributed by atoms with Gasteiger partial charge in [-0.1, -0.05) is 38.6 Å². The fraction of sp³-hybridized carbons (Fsp3) is 0.541. The summed E-state index contributed by atoms with van der Waals surface area (Å²) in [6.45, 7) is 13.8. The molecule has 0 spiro atoms. The average molecular weight is 687 g/mol. The summed E-state index contributed by atoms with van der Waals surface area (Å²) in [5, 5.41) is 64.1. The van der Waals surface area contributed by atoms with E-state index in [1.165, 1.54) is 19.2 Å². The minimum atomic E-state index is -1.28. The molecule has 2 saturated heterocycles. The highest BCUT2D eigenvalue weighted by Gasteiger charge is 2.39. The predicted octanol–water partition coefficient (Wildman–Crippen LogP) is 4.53. The highest BCUT2D eigenvalue weighted by Crippen LogP contribution is 2.51. The van der Waals surface area contributed by atoms with Gasteiger partial charge in [-0.25, -0.2) is 4.79 Å². The lowest BCUT2D eigenvalue weighted by Gasteiger charge is -2.37. The molecule has 8 atom stereocenters. The van der Waals surface area contributed by atoms with Gasteiger partial charge in [0.2, 0.25) is 0 Å². The van der Waals surface area contributed by atoms with Crippen LogP contribution in [0.25, 0.3) is 5.57 Å². The molecule has 6 N–H and O–H groups in total. The number of hydrogen-bond acceptors (Lipinski definition) is 12. The first kappa shape index (κ1) is 38.2. The van der Waals surface area contributed by atoms with E-state index in [9.17, 15) is 35.4 Å². The molecule has 7 unspecified atom stereocenters. The van der Waals surface area contributed by atoms with Crippen LogP contribution in [0.3, 0.4) is 0 Å². The van der Waals surface area contributed by atoms with Gasteiger partial charge in [0.25, 0.3) is 0 Å². The van der Waals surface area contributed by atoms with Crippen molar-refractivity contribution in [2.45, 2.75) is 108 Å². The van der Waals surface area contributed by atoms with Crippen molar-refractivity contribution < 1.29 is 59.1 Å². The Morgan fingerprint density at radius 2 is 1.69 bits per heavy atom. The van der Waals surface area contributed by atoms with Crippen molar-refractivity contribution in [1.82, 2.24) is 0 Å². The Balaban J connectivity index is 0.00000265. The van der Waals surface area contributed by atoms with E-state index in [2.05, 4.69) is 17.9 Å². The highest BCUT2D eigenvalue weighted by atomic mass is 16.6. The number of methoxy groups -OCH3 is 1. The quantitative estimate of drug-likeness (QED) is 0.152. The maximum atomic E-state index is 11.4. The number of aromatic hydroxyl groups is 3. The SMILES string of the molecule is C=C(Cc1c(O)cc(O)c2c1OC(c1ccc(O)c(C3CC(O)C(O)C(COCC(=O)OC)O3)c1)CC2=C)CC1O[C@@H](C)CCC1O.CC. The first-order valence-corrected chi connectivity index (χ1v) is 16.8. The van der Waals surface area contributed by atoms with Crippen molar-refractivity contribution in [3.05, 3.63) is 65.3 Å². The molecule has 3 heterocycles. The zero-order chi connectivity index (χ0) is 36.0. The Bertz CT molecular complexity index is 1490. The Labute approximate surface area is 287 Å². The normalized spacial score (nSPS) is 28.0. The van der Waals surface area contributed by atoms with Crippen molar-refractivity contribution in [3.8, 4) is 23.0 Å². The molecule has 0 aliphatic carbocycles. The Kier molecular flexibility index (Phi) is 13.1. The lowest BCUT2D eigenvalue weighted by molar-refractivity contribution is -0.189. The van der Waals surface area contributed by atoms with Gasteiger partial charge in [0, 0.05) is 36.5 Å². The summed E-state index contributed by atoms with van der Waals surface area (Å²) >= 11 is 0. The number of fused-ring (bicyclic) bond motifs is 1. The van der Waals surface area contributed by atoms with Crippen LogP contribution in [0.4, 0.5) is 0 Å². The first-order valence-electron chi connectivity index (χ1n) is 16.8. The second kappa shape index (κ2) is 16.8. The van der Waals surface area contributed by atoms with Gasteiger partial charge in [-0.05, 0) is 49.5 Å². The number of phenolic OH excluding ortho intramolecular Hbond substituents is 3. The summed E-state index contributed by atoms with van der Waals surface area (Å²) in [6, 6.07) is 6.10. The summed E-state index contributed by atoms with van der Waals surface area (Å²) in [6.07, 6.45) is -3.67. The zero-order valence-electron chi connectivity index (χ0n) is 28.6. The second-order valence-corrected chi connectivity index (χ2v) is 12.6. The van der Waals surface area contributed by atoms with Gasteiger partial charge in [0.05, 0.1) is 49.8 Å². The van der Waals surface area contributed by atoms with Gasteiger partial charge in [0.1, 0.15) is 47.9 Å². The van der Waals surface area contributed by atoms with Crippen LogP contribution in [-0.2, 0) is 30.2 Å². The van der Waals surface area contributed by atoms with Gasteiger partial charge in [-0.2, -0.15) is 0 Å². The van der Waals surface area contributed by atoms with Crippen LogP contribution in [0, 0.1) is 0 Å². The van der Waals surface area contributed by atoms with Gasteiger partial charge in [0.15, 0.2) is 0 Å². The van der Waals surface area contributed by atoms with E-state index in [0.717, 1.165) is 6.42 Å². The molecule has 0 amide bonds. The molecule has 49 heavy (non-hydrogen) atoms. The number of carbonyl (C=O) groups is 1. The predicted molar refractivity (Wildman–Crippen MR) is 180 cm³/mol. The van der Waals surface area contributed by atoms with E-state index >= 15 is 0 Å². The molecule has 0 radical (unpaired) electrons. The van der Waals surface area contributed by atoms with Crippen molar-refractivity contribution >= 4 is 11.5 Å². The summed E-state index contributed by atoms with van der Waals surface area (Å²) in [5.41, 5.74) is 3.05. The van der Waals surface area contributed by atoms with Crippen LogP contribution in [0.1, 0.15) is 87.3 Å². The van der Waals surface area contributed by atoms with E-state index in [1.54, 1.807) is 12.1 Å². The van der Waals surface area contributed by atoms with Crippen LogP contribution in [0.2, 0.25) is 0 Å². The first-order chi connectivity index (χ1) is 23.4. The largest absolute Gasteiger partial charge is 0.508 e. The summed E-state index contributed by atoms with van der Waals surface area (Å²) in [5.74, 6) is -0.794. The summed E-state index contributed by atoms with van der Waals surface area (Å²) < 4.78 is 28.3. The molecule has 3 aliphatic rings. The van der Waals surface area contributed by atoms with Gasteiger partial charge in [-0.3, -0.25) is 0 Å². The van der Waals surface area contributed by atoms with E-state index in [1.807, 2.05) is 20.8 Å². The van der Waals surface area contributed by atoms with E-state index < -0.39 is 48.7 Å². The smallest absolute Gasteiger partial charge is 0.331 e. The lowest BCUT2D eigenvalue weighted by Crippen LogP contribution is -2.48. The molecule has 2 aromatic carbocycles. The van der Waals surface area contributed by atoms with Gasteiger partial charge >= 0.3 is 5.97 Å². The lowest BCUT2D eigenvalue weighted by atomic mass is 9.87. The molecule has 0 saturated carbocycles. The zero-order valence-corrected chi connectivity index (χ0v) is 28.6. The highest BCUT2D eigenvalue weighted by molar-refractivity contribution is 5.79. The summed E-state index contributed by atoms with van der Waals surface area (Å²) in [4.78, 5) is 11.4. The number of aliphatic hydroxyl groups is 3. The molecule has 2 fully saturated rings. The number of hydrogen-bond donors (Lipinski definition) is 6. The van der Waals surface area contributed by atoms with Crippen LogP contribution in [0.15, 0.2) is 43.0 Å². The number of benzene rings is 2. The third-order valence-electron chi connectivity index (χ3n) is 9.08. The fourth-order valence-corrected chi connectivity index (χ4v) is 6.49. The van der Waals surface area contributed by atoms with Crippen molar-refractivity contribution in [2.75, 3.05) is 20.3 Å². The fourth-order valence-electron chi connectivity index (χ4n) is 6.49. The Morgan fingerprint density at radius 1 is 0.959 bits per heavy atom. The molecule has 3 aliphatic heterocycles. The van der Waals surface area contributed by atoms with Crippen molar-refractivity contribution in [1.29, 1.82) is 0 Å². The van der Waals surface area contributed by atoms with Crippen LogP contribution in [-0.4, -0.2) is 93.6 Å². The van der Waals surface area contributed by atoms with E-state index in [-0.39, 0.29) is 61.6 Å². The van der Waals surface area contributed by atoms with Gasteiger partial charge < -0.3 is 54.3 Å². The van der Waals surface area contributed by atoms with Gasteiger partial charge in [-0.15, -0.1) is 0 Å². The van der Waals surface area contributed by atoms with Crippen LogP contribution < -0.4 is 4.74 Å². The molecule has 0 bridgehead atoms. The second-order valence-electron chi connectivity index (χ2n) is 12.6. The number of esters is 1. The Hall–Kier alpha value is -3.65. The topological polar surface area (TPSA) is 185 Å². The van der Waals surface area contributed by atoms with Crippen LogP contribution in [0.5, 0.6) is 23.0 Å². The third-order valence-corrected chi connectivity index (χ3v) is 9.08. The monoisotopic (exact) mass is 686 g/mol. The molecule has 270 valence electrons. The van der Waals surface area contributed by atoms with Crippen LogP contribution >= 0.6 is 0 Å². The molecule has 5 rings (SSSR count). The maximum Gasteiger partial charge on any atom is 0.331 e. The third kappa shape index (κ3) is 8.94. The van der Waals surface area contributed by atoms with E-state index in [4.69, 9.17) is 18.9 Å². The number of phenols is 3. The average Bonchev–Trinajstić information content (AvgIpc) is 3.07. The number of carbonyl (C=O) groups excluding carboxylic acids is 1. The number of aliphatic hydroxyl groups excluding tert-OH is 3. The Morgan fingerprint density at radius 3 is 2.41 bits per heavy atom. The molecule has 12 heteroatoms. The van der Waals surface area contributed by atoms with Crippen molar-refractivity contribution in [2.24, 2.45) is 0 Å². The number of ether oxygens (including phenoxy) is 5. The minimum Gasteiger partial charge on any atom is -0.508 e. The maximum absolute atomic E-state index is 11.4. The summed E-state index contributed by atoms with van der Waals surface area (Å²) in [7, 11) is 1.22. The molecular formula is C37H50O12. The van der Waals surface area contributed by atoms with E-state index in [0.29, 0.717) is 46.2 Å². The standard InChI is InChI=1S/C35H44O12.C2H6/c1-17(10-30-24(37)7-5-19(3)45-30)9-22-25(38)13-26(39)33-18(2)11-28(47-35(22)33)20-6-8-23(36)21(12-20)29-14-27(40)34(42)31(46-29)15-44-16-32(41)43-4;1-2/h6,8,12-13,19,24,27-31,34,36-40,42H,1-2,5,7,9-11,14-16H2,3-4H3;1-2H3/t19-,24?,27?,28?,29?,30?,31?,34?;/m0./s1. The molecule has 2 aromatic rings. The molecule has 12 nitrogen and oxygen atoms in total. The van der Waals surface area contributed by atoms with Crippen molar-refractivity contribution in [3.63, 3.8) is 0 Å². The number of rotatable bonds is 10. The molecule has 0 aromatic heterocycles. The minimum absolute atomic E-state index is 0.0149.